The summed E-state index contributed by atoms with van der Waals surface area (Å²) in [5.41, 5.74) is 6.11. The number of hydrogen-bond donors (Lipinski definition) is 2. The average molecular weight is 346 g/mol. The van der Waals surface area contributed by atoms with Crippen molar-refractivity contribution in [3.63, 3.8) is 0 Å². The van der Waals surface area contributed by atoms with Crippen LogP contribution in [0, 0.1) is 5.92 Å². The second-order valence-electron chi connectivity index (χ2n) is 7.37. The minimum Gasteiger partial charge on any atom is -0.379 e. The number of nitrogens with zero attached hydrogens (tertiary/aromatic N) is 1. The lowest BCUT2D eigenvalue weighted by molar-refractivity contribution is -0.126. The van der Waals surface area contributed by atoms with Gasteiger partial charge in [0.05, 0.1) is 13.2 Å². The Kier molecular flexibility index (Phi) is 7.14. The first kappa shape index (κ1) is 19.0. The van der Waals surface area contributed by atoms with E-state index in [1.165, 1.54) is 32.1 Å². The molecule has 0 aromatic carbocycles. The fraction of sp³-hybridized carbons (Fsp3) is 0.941. The number of halogens is 1. The molecule has 1 aliphatic heterocycles. The van der Waals surface area contributed by atoms with E-state index in [4.69, 9.17) is 10.5 Å². The molecule has 134 valence electrons. The summed E-state index contributed by atoms with van der Waals surface area (Å²) in [5, 5.41) is 3.28. The van der Waals surface area contributed by atoms with Gasteiger partial charge in [-0.15, -0.1) is 12.4 Å². The van der Waals surface area contributed by atoms with Crippen LogP contribution in [0.2, 0.25) is 0 Å². The second-order valence-corrected chi connectivity index (χ2v) is 7.37. The van der Waals surface area contributed by atoms with Crippen molar-refractivity contribution in [1.29, 1.82) is 0 Å². The summed E-state index contributed by atoms with van der Waals surface area (Å²) in [5.74, 6) is 0.367. The Morgan fingerprint density at radius 3 is 2.48 bits per heavy atom. The molecule has 5 nitrogen and oxygen atoms in total. The van der Waals surface area contributed by atoms with Crippen molar-refractivity contribution in [3.05, 3.63) is 0 Å². The zero-order valence-corrected chi connectivity index (χ0v) is 14.9. The summed E-state index contributed by atoms with van der Waals surface area (Å²) in [6.45, 7) is 4.46. The van der Waals surface area contributed by atoms with Crippen LogP contribution in [-0.4, -0.2) is 55.2 Å². The fourth-order valence-electron chi connectivity index (χ4n) is 4.50. The van der Waals surface area contributed by atoms with Gasteiger partial charge in [0.15, 0.2) is 0 Å². The number of ether oxygens (including phenoxy) is 1. The number of morpholine rings is 1. The van der Waals surface area contributed by atoms with Gasteiger partial charge in [0.25, 0.3) is 0 Å². The van der Waals surface area contributed by atoms with Crippen LogP contribution >= 0.6 is 12.4 Å². The monoisotopic (exact) mass is 345 g/mol. The second kappa shape index (κ2) is 8.65. The van der Waals surface area contributed by atoms with Gasteiger partial charge in [0.2, 0.25) is 5.91 Å². The van der Waals surface area contributed by atoms with Gasteiger partial charge in [-0.25, -0.2) is 0 Å². The number of nitrogens with two attached hydrogens (primary N) is 1. The number of hydrogen-bond acceptors (Lipinski definition) is 4. The maximum atomic E-state index is 12.4. The molecule has 0 aromatic rings. The molecule has 3 N–H and O–H groups in total. The third-order valence-corrected chi connectivity index (χ3v) is 5.90. The molecule has 0 aromatic heterocycles. The molecule has 23 heavy (non-hydrogen) atoms. The quantitative estimate of drug-likeness (QED) is 0.813. The van der Waals surface area contributed by atoms with Crippen molar-refractivity contribution in [2.75, 3.05) is 32.8 Å². The van der Waals surface area contributed by atoms with Crippen molar-refractivity contribution in [3.8, 4) is 0 Å². The van der Waals surface area contributed by atoms with Gasteiger partial charge >= 0.3 is 0 Å². The van der Waals surface area contributed by atoms with Gasteiger partial charge in [0, 0.05) is 37.1 Å². The van der Waals surface area contributed by atoms with E-state index in [-0.39, 0.29) is 35.8 Å². The molecule has 3 fully saturated rings. The zero-order valence-electron chi connectivity index (χ0n) is 14.1. The molecule has 6 heteroatoms. The summed E-state index contributed by atoms with van der Waals surface area (Å²) in [6.07, 6.45) is 9.11. The minimum atomic E-state index is 0. The van der Waals surface area contributed by atoms with Crippen molar-refractivity contribution >= 4 is 18.3 Å². The zero-order chi connectivity index (χ0) is 15.4. The van der Waals surface area contributed by atoms with Crippen molar-refractivity contribution in [2.45, 2.75) is 62.9 Å². The Balaban J connectivity index is 0.00000192. The van der Waals surface area contributed by atoms with Crippen molar-refractivity contribution in [1.82, 2.24) is 10.2 Å². The molecule has 2 aliphatic carbocycles. The first-order chi connectivity index (χ1) is 10.7. The lowest BCUT2D eigenvalue weighted by Gasteiger charge is -2.48. The molecular formula is C17H32ClN3O2. The standard InChI is InChI=1S/C17H31N3O2.ClH/c18-15-5-4-14(12-15)16(21)19-13-17(6-2-1-3-7-17)20-8-10-22-11-9-20;/h14-15H,1-13,18H2,(H,19,21);1H. The number of amides is 1. The molecule has 3 rings (SSSR count). The van der Waals surface area contributed by atoms with E-state index < -0.39 is 0 Å². The Hall–Kier alpha value is -0.360. The molecule has 3 aliphatic rings. The minimum absolute atomic E-state index is 0. The van der Waals surface area contributed by atoms with Gasteiger partial charge in [0.1, 0.15) is 0 Å². The fourth-order valence-corrected chi connectivity index (χ4v) is 4.50. The van der Waals surface area contributed by atoms with E-state index in [0.29, 0.717) is 0 Å². The molecule has 0 radical (unpaired) electrons. The van der Waals surface area contributed by atoms with E-state index in [1.807, 2.05) is 0 Å². The number of nitrogens with one attached hydrogen (secondary N) is 1. The smallest absolute Gasteiger partial charge is 0.223 e. The van der Waals surface area contributed by atoms with Crippen LogP contribution in [0.25, 0.3) is 0 Å². The van der Waals surface area contributed by atoms with Gasteiger partial charge in [-0.1, -0.05) is 19.3 Å². The summed E-state index contributed by atoms with van der Waals surface area (Å²) in [7, 11) is 0. The highest BCUT2D eigenvalue weighted by Crippen LogP contribution is 2.34. The number of rotatable bonds is 4. The van der Waals surface area contributed by atoms with E-state index in [1.54, 1.807) is 0 Å². The van der Waals surface area contributed by atoms with Gasteiger partial charge < -0.3 is 15.8 Å². The Bertz CT molecular complexity index is 382. The molecule has 0 bridgehead atoms. The molecule has 2 saturated carbocycles. The third kappa shape index (κ3) is 4.59. The third-order valence-electron chi connectivity index (χ3n) is 5.90. The van der Waals surface area contributed by atoms with Crippen LogP contribution in [0.15, 0.2) is 0 Å². The molecule has 2 atom stereocenters. The van der Waals surface area contributed by atoms with Gasteiger partial charge in [-0.3, -0.25) is 9.69 Å². The van der Waals surface area contributed by atoms with Gasteiger partial charge in [-0.05, 0) is 32.1 Å². The summed E-state index contributed by atoms with van der Waals surface area (Å²) in [6, 6.07) is 0.221. The Morgan fingerprint density at radius 2 is 1.87 bits per heavy atom. The molecule has 0 spiro atoms. The number of carbonyl (C=O) groups is 1. The number of carbonyl (C=O) groups excluding carboxylic acids is 1. The molecule has 2 unspecified atom stereocenters. The van der Waals surface area contributed by atoms with E-state index in [9.17, 15) is 4.79 Å². The van der Waals surface area contributed by atoms with E-state index in [0.717, 1.165) is 52.1 Å². The summed E-state index contributed by atoms with van der Waals surface area (Å²) < 4.78 is 5.51. The maximum Gasteiger partial charge on any atom is 0.223 e. The summed E-state index contributed by atoms with van der Waals surface area (Å²) in [4.78, 5) is 15.0. The van der Waals surface area contributed by atoms with Crippen LogP contribution < -0.4 is 11.1 Å². The predicted molar refractivity (Wildman–Crippen MR) is 93.8 cm³/mol. The molecule has 1 amide bonds. The topological polar surface area (TPSA) is 67.6 Å². The Labute approximate surface area is 146 Å². The van der Waals surface area contributed by atoms with E-state index in [2.05, 4.69) is 10.2 Å². The first-order valence-corrected chi connectivity index (χ1v) is 9.06. The lowest BCUT2D eigenvalue weighted by atomic mass is 9.79. The lowest BCUT2D eigenvalue weighted by Crippen LogP contribution is -2.60. The first-order valence-electron chi connectivity index (χ1n) is 9.06. The molecule has 1 heterocycles. The van der Waals surface area contributed by atoms with Crippen LogP contribution in [0.1, 0.15) is 51.4 Å². The average Bonchev–Trinajstić information content (AvgIpc) is 3.01. The van der Waals surface area contributed by atoms with Crippen LogP contribution in [0.5, 0.6) is 0 Å². The van der Waals surface area contributed by atoms with Crippen LogP contribution in [0.4, 0.5) is 0 Å². The predicted octanol–water partition coefficient (Wildman–Crippen LogP) is 1.69. The van der Waals surface area contributed by atoms with Crippen LogP contribution in [-0.2, 0) is 9.53 Å². The van der Waals surface area contributed by atoms with E-state index >= 15 is 0 Å². The SMILES string of the molecule is Cl.NC1CCC(C(=O)NCC2(N3CCOCC3)CCCCC2)C1. The molecular weight excluding hydrogens is 314 g/mol. The highest BCUT2D eigenvalue weighted by Gasteiger charge is 2.39. The van der Waals surface area contributed by atoms with Crippen molar-refractivity contribution < 1.29 is 9.53 Å². The Morgan fingerprint density at radius 1 is 1.17 bits per heavy atom. The van der Waals surface area contributed by atoms with Crippen LogP contribution in [0.3, 0.4) is 0 Å². The normalized spacial score (nSPS) is 31.3. The summed E-state index contributed by atoms with van der Waals surface area (Å²) >= 11 is 0. The van der Waals surface area contributed by atoms with Crippen molar-refractivity contribution in [2.24, 2.45) is 11.7 Å². The van der Waals surface area contributed by atoms with Gasteiger partial charge in [-0.2, -0.15) is 0 Å². The maximum absolute atomic E-state index is 12.4. The highest BCUT2D eigenvalue weighted by molar-refractivity contribution is 5.85. The largest absolute Gasteiger partial charge is 0.379 e. The highest BCUT2D eigenvalue weighted by atomic mass is 35.5. The molecule has 1 saturated heterocycles.